The van der Waals surface area contributed by atoms with Gasteiger partial charge in [0.15, 0.2) is 11.5 Å². The lowest BCUT2D eigenvalue weighted by atomic mass is 10.1. The van der Waals surface area contributed by atoms with E-state index in [2.05, 4.69) is 15.3 Å². The Morgan fingerprint density at radius 3 is 2.95 bits per heavy atom. The summed E-state index contributed by atoms with van der Waals surface area (Å²) in [5, 5.41) is 3.23. The van der Waals surface area contributed by atoms with Crippen molar-refractivity contribution in [2.24, 2.45) is 0 Å². The quantitative estimate of drug-likeness (QED) is 0.922. The number of methoxy groups -OCH3 is 1. The minimum atomic E-state index is 0.0385. The van der Waals surface area contributed by atoms with Gasteiger partial charge in [0.1, 0.15) is 0 Å². The van der Waals surface area contributed by atoms with Crippen molar-refractivity contribution in [3.05, 3.63) is 36.0 Å². The molecule has 0 radical (unpaired) electrons. The van der Waals surface area contributed by atoms with Crippen molar-refractivity contribution in [3.8, 4) is 17.4 Å². The van der Waals surface area contributed by atoms with Crippen LogP contribution in [0.1, 0.15) is 18.5 Å². The third kappa shape index (κ3) is 2.45. The number of nitrogens with one attached hydrogen (secondary N) is 1. The first-order valence-corrected chi connectivity index (χ1v) is 6.29. The van der Waals surface area contributed by atoms with Gasteiger partial charge in [0.2, 0.25) is 18.6 Å². The minimum absolute atomic E-state index is 0.0385. The minimum Gasteiger partial charge on any atom is -0.481 e. The second-order valence-corrected chi connectivity index (χ2v) is 4.40. The summed E-state index contributed by atoms with van der Waals surface area (Å²) in [5.41, 5.74) is 1.07. The summed E-state index contributed by atoms with van der Waals surface area (Å²) in [6.07, 6.45) is 1.65. The Labute approximate surface area is 116 Å². The van der Waals surface area contributed by atoms with Gasteiger partial charge in [-0.25, -0.2) is 4.98 Å². The topological polar surface area (TPSA) is 65.5 Å². The molecular formula is C14H15N3O3. The summed E-state index contributed by atoms with van der Waals surface area (Å²) in [5.74, 6) is 2.59. The van der Waals surface area contributed by atoms with Gasteiger partial charge in [0.25, 0.3) is 0 Å². The van der Waals surface area contributed by atoms with E-state index in [0.717, 1.165) is 17.1 Å². The zero-order valence-electron chi connectivity index (χ0n) is 11.3. The molecule has 0 saturated heterocycles. The summed E-state index contributed by atoms with van der Waals surface area (Å²) in [6, 6.07) is 7.60. The molecule has 20 heavy (non-hydrogen) atoms. The summed E-state index contributed by atoms with van der Waals surface area (Å²) in [7, 11) is 1.58. The molecule has 0 saturated carbocycles. The van der Waals surface area contributed by atoms with Crippen molar-refractivity contribution < 1.29 is 14.2 Å². The fourth-order valence-electron chi connectivity index (χ4n) is 1.98. The first-order chi connectivity index (χ1) is 9.76. The molecule has 6 nitrogen and oxygen atoms in total. The number of benzene rings is 1. The van der Waals surface area contributed by atoms with Crippen molar-refractivity contribution in [1.82, 2.24) is 9.97 Å². The molecule has 1 aromatic heterocycles. The number of hydrogen-bond donors (Lipinski definition) is 1. The number of rotatable bonds is 4. The number of hydrogen-bond acceptors (Lipinski definition) is 6. The molecule has 2 heterocycles. The zero-order chi connectivity index (χ0) is 13.9. The van der Waals surface area contributed by atoms with Crippen LogP contribution in [0.4, 0.5) is 5.95 Å². The van der Waals surface area contributed by atoms with E-state index in [4.69, 9.17) is 14.2 Å². The Bertz CT molecular complexity index is 618. The molecule has 0 aliphatic carbocycles. The normalized spacial score (nSPS) is 13.9. The van der Waals surface area contributed by atoms with Gasteiger partial charge in [-0.05, 0) is 24.6 Å². The highest BCUT2D eigenvalue weighted by Gasteiger charge is 2.16. The number of nitrogens with zero attached hydrogens (tertiary/aromatic N) is 2. The van der Waals surface area contributed by atoms with Crippen molar-refractivity contribution in [2.45, 2.75) is 13.0 Å². The average Bonchev–Trinajstić information content (AvgIpc) is 2.94. The summed E-state index contributed by atoms with van der Waals surface area (Å²) in [6.45, 7) is 2.31. The van der Waals surface area contributed by atoms with E-state index >= 15 is 0 Å². The Morgan fingerprint density at radius 1 is 1.25 bits per heavy atom. The van der Waals surface area contributed by atoms with Crippen molar-refractivity contribution in [1.29, 1.82) is 0 Å². The molecule has 1 aliphatic rings. The number of aromatic nitrogens is 2. The lowest BCUT2D eigenvalue weighted by Gasteiger charge is -2.14. The van der Waals surface area contributed by atoms with Gasteiger partial charge < -0.3 is 19.5 Å². The molecule has 2 aromatic rings. The van der Waals surface area contributed by atoms with E-state index in [1.165, 1.54) is 0 Å². The smallest absolute Gasteiger partial charge is 0.231 e. The molecule has 0 bridgehead atoms. The summed E-state index contributed by atoms with van der Waals surface area (Å²) in [4.78, 5) is 8.40. The molecule has 104 valence electrons. The lowest BCUT2D eigenvalue weighted by molar-refractivity contribution is 0.174. The van der Waals surface area contributed by atoms with Gasteiger partial charge in [0.05, 0.1) is 13.2 Å². The predicted octanol–water partition coefficient (Wildman–Crippen LogP) is 2.39. The van der Waals surface area contributed by atoms with Gasteiger partial charge in [-0.15, -0.1) is 0 Å². The van der Waals surface area contributed by atoms with E-state index in [9.17, 15) is 0 Å². The van der Waals surface area contributed by atoms with Crippen LogP contribution in [0.3, 0.4) is 0 Å². The van der Waals surface area contributed by atoms with Crippen LogP contribution in [0.25, 0.3) is 0 Å². The number of fused-ring (bicyclic) bond motifs is 1. The van der Waals surface area contributed by atoms with Crippen LogP contribution in [0, 0.1) is 0 Å². The standard InChI is InChI=1S/C14H15N3O3/c1-9(16-14-15-6-5-13(17-14)18-2)10-3-4-11-12(7-10)20-8-19-11/h3-7,9H,8H2,1-2H3,(H,15,16,17)/t9-/m1/s1. The number of anilines is 1. The molecule has 1 atom stereocenters. The van der Waals surface area contributed by atoms with Crippen molar-refractivity contribution >= 4 is 5.95 Å². The predicted molar refractivity (Wildman–Crippen MR) is 73.2 cm³/mol. The van der Waals surface area contributed by atoms with Crippen LogP contribution in [-0.4, -0.2) is 23.9 Å². The molecule has 0 amide bonds. The first-order valence-electron chi connectivity index (χ1n) is 6.29. The second-order valence-electron chi connectivity index (χ2n) is 4.40. The molecule has 0 unspecified atom stereocenters. The molecular weight excluding hydrogens is 258 g/mol. The zero-order valence-corrected chi connectivity index (χ0v) is 11.3. The molecule has 1 N–H and O–H groups in total. The van der Waals surface area contributed by atoms with E-state index in [0.29, 0.717) is 11.8 Å². The second kappa shape index (κ2) is 5.24. The first kappa shape index (κ1) is 12.5. The lowest BCUT2D eigenvalue weighted by Crippen LogP contribution is -2.09. The van der Waals surface area contributed by atoms with E-state index < -0.39 is 0 Å². The van der Waals surface area contributed by atoms with Crippen molar-refractivity contribution in [3.63, 3.8) is 0 Å². The van der Waals surface area contributed by atoms with Gasteiger partial charge in [-0.2, -0.15) is 4.98 Å². The van der Waals surface area contributed by atoms with Crippen LogP contribution < -0.4 is 19.5 Å². The third-order valence-corrected chi connectivity index (χ3v) is 3.08. The van der Waals surface area contributed by atoms with Gasteiger partial charge in [0, 0.05) is 12.3 Å². The maximum atomic E-state index is 5.37. The maximum absolute atomic E-state index is 5.37. The van der Waals surface area contributed by atoms with Crippen molar-refractivity contribution in [2.75, 3.05) is 19.2 Å². The largest absolute Gasteiger partial charge is 0.481 e. The maximum Gasteiger partial charge on any atom is 0.231 e. The van der Waals surface area contributed by atoms with E-state index in [1.807, 2.05) is 25.1 Å². The van der Waals surface area contributed by atoms with E-state index in [1.54, 1.807) is 19.4 Å². The van der Waals surface area contributed by atoms with Crippen LogP contribution >= 0.6 is 0 Å². The molecule has 3 rings (SSSR count). The summed E-state index contributed by atoms with van der Waals surface area (Å²) >= 11 is 0. The Hall–Kier alpha value is -2.50. The van der Waals surface area contributed by atoms with Crippen LogP contribution in [-0.2, 0) is 0 Å². The highest BCUT2D eigenvalue weighted by molar-refractivity contribution is 5.46. The molecule has 1 aromatic carbocycles. The fraction of sp³-hybridized carbons (Fsp3) is 0.286. The fourth-order valence-corrected chi connectivity index (χ4v) is 1.98. The Morgan fingerprint density at radius 2 is 2.10 bits per heavy atom. The monoisotopic (exact) mass is 273 g/mol. The van der Waals surface area contributed by atoms with Crippen LogP contribution in [0.5, 0.6) is 17.4 Å². The Balaban J connectivity index is 1.77. The SMILES string of the molecule is COc1ccnc(N[C@H](C)c2ccc3c(c2)OCO3)n1. The van der Waals surface area contributed by atoms with Gasteiger partial charge >= 0.3 is 0 Å². The summed E-state index contributed by atoms with van der Waals surface area (Å²) < 4.78 is 15.7. The Kier molecular flexibility index (Phi) is 3.28. The molecule has 0 fully saturated rings. The molecule has 6 heteroatoms. The van der Waals surface area contributed by atoms with E-state index in [-0.39, 0.29) is 12.8 Å². The highest BCUT2D eigenvalue weighted by Crippen LogP contribution is 2.34. The molecule has 0 spiro atoms. The van der Waals surface area contributed by atoms with Gasteiger partial charge in [-0.3, -0.25) is 0 Å². The highest BCUT2D eigenvalue weighted by atomic mass is 16.7. The number of ether oxygens (including phenoxy) is 3. The van der Waals surface area contributed by atoms with Crippen LogP contribution in [0.2, 0.25) is 0 Å². The van der Waals surface area contributed by atoms with Gasteiger partial charge in [-0.1, -0.05) is 6.07 Å². The van der Waals surface area contributed by atoms with Crippen LogP contribution in [0.15, 0.2) is 30.5 Å². The average molecular weight is 273 g/mol. The molecule has 1 aliphatic heterocycles. The third-order valence-electron chi connectivity index (χ3n) is 3.08.